The fourth-order valence-corrected chi connectivity index (χ4v) is 2.46. The van der Waals surface area contributed by atoms with E-state index in [4.69, 9.17) is 16.3 Å². The molecule has 0 amide bonds. The molecule has 0 saturated heterocycles. The maximum atomic E-state index is 6.12. The van der Waals surface area contributed by atoms with Gasteiger partial charge >= 0.3 is 0 Å². The molecule has 1 aromatic heterocycles. The molecular formula is C15H20ClN3O. The summed E-state index contributed by atoms with van der Waals surface area (Å²) in [6.07, 6.45) is 2.79. The predicted molar refractivity (Wildman–Crippen MR) is 81.3 cm³/mol. The van der Waals surface area contributed by atoms with Gasteiger partial charge in [-0.3, -0.25) is 4.68 Å². The van der Waals surface area contributed by atoms with Crippen molar-refractivity contribution in [1.82, 2.24) is 15.1 Å². The number of hydrogen-bond donors (Lipinski definition) is 1. The van der Waals surface area contributed by atoms with Crippen LogP contribution in [0, 0.1) is 0 Å². The zero-order valence-corrected chi connectivity index (χ0v) is 12.8. The highest BCUT2D eigenvalue weighted by atomic mass is 35.5. The van der Waals surface area contributed by atoms with Gasteiger partial charge in [0.2, 0.25) is 0 Å². The van der Waals surface area contributed by atoms with Crippen molar-refractivity contribution in [1.29, 1.82) is 0 Å². The number of rotatable bonds is 6. The molecule has 1 heterocycles. The van der Waals surface area contributed by atoms with E-state index in [0.29, 0.717) is 0 Å². The Labute approximate surface area is 124 Å². The summed E-state index contributed by atoms with van der Waals surface area (Å²) in [5.41, 5.74) is 2.11. The summed E-state index contributed by atoms with van der Waals surface area (Å²) in [6, 6.07) is 7.88. The third kappa shape index (κ3) is 3.14. The molecule has 1 atom stereocenters. The van der Waals surface area contributed by atoms with Crippen LogP contribution in [0.15, 0.2) is 30.5 Å². The van der Waals surface area contributed by atoms with Gasteiger partial charge in [0.1, 0.15) is 5.69 Å². The van der Waals surface area contributed by atoms with Crippen molar-refractivity contribution in [3.63, 3.8) is 0 Å². The van der Waals surface area contributed by atoms with Crippen molar-refractivity contribution < 1.29 is 4.74 Å². The molecular weight excluding hydrogens is 274 g/mol. The van der Waals surface area contributed by atoms with Crippen LogP contribution < -0.4 is 10.1 Å². The Hall–Kier alpha value is -1.52. The first-order chi connectivity index (χ1) is 9.67. The Balaban J connectivity index is 2.44. The molecule has 1 N–H and O–H groups in total. The van der Waals surface area contributed by atoms with E-state index < -0.39 is 0 Å². The Morgan fingerprint density at radius 2 is 2.25 bits per heavy atom. The van der Waals surface area contributed by atoms with Gasteiger partial charge in [0, 0.05) is 12.1 Å². The molecule has 0 saturated carbocycles. The van der Waals surface area contributed by atoms with Crippen LogP contribution >= 0.6 is 11.6 Å². The molecule has 0 spiro atoms. The van der Waals surface area contributed by atoms with E-state index in [1.54, 1.807) is 13.3 Å². The molecule has 2 rings (SSSR count). The Morgan fingerprint density at radius 3 is 2.90 bits per heavy atom. The van der Waals surface area contributed by atoms with Crippen LogP contribution in [-0.2, 0) is 7.05 Å². The quantitative estimate of drug-likeness (QED) is 0.889. The van der Waals surface area contributed by atoms with E-state index >= 15 is 0 Å². The van der Waals surface area contributed by atoms with Crippen LogP contribution in [0.5, 0.6) is 5.75 Å². The van der Waals surface area contributed by atoms with Crippen molar-refractivity contribution in [2.45, 2.75) is 19.4 Å². The van der Waals surface area contributed by atoms with Crippen molar-refractivity contribution in [3.05, 3.63) is 46.7 Å². The van der Waals surface area contributed by atoms with Crippen LogP contribution in [0.1, 0.15) is 30.6 Å². The molecule has 0 bridgehead atoms. The highest BCUT2D eigenvalue weighted by Gasteiger charge is 2.22. The lowest BCUT2D eigenvalue weighted by atomic mass is 10.0. The van der Waals surface area contributed by atoms with Crippen molar-refractivity contribution in [2.75, 3.05) is 13.7 Å². The summed E-state index contributed by atoms with van der Waals surface area (Å²) in [5.74, 6) is 0.779. The number of aromatic nitrogens is 2. The second kappa shape index (κ2) is 6.77. The van der Waals surface area contributed by atoms with Gasteiger partial charge in [-0.1, -0.05) is 30.7 Å². The van der Waals surface area contributed by atoms with Crippen LogP contribution in [-0.4, -0.2) is 23.4 Å². The third-order valence-corrected chi connectivity index (χ3v) is 3.46. The largest absolute Gasteiger partial charge is 0.493 e. The number of ether oxygens (including phenoxy) is 1. The van der Waals surface area contributed by atoms with Crippen molar-refractivity contribution >= 4 is 11.6 Å². The van der Waals surface area contributed by atoms with Gasteiger partial charge in [-0.2, -0.15) is 5.10 Å². The minimum Gasteiger partial charge on any atom is -0.493 e. The first kappa shape index (κ1) is 14.9. The number of benzene rings is 1. The fourth-order valence-electron chi connectivity index (χ4n) is 2.26. The first-order valence-corrected chi connectivity index (χ1v) is 7.10. The predicted octanol–water partition coefficient (Wildman–Crippen LogP) is 3.17. The molecule has 108 valence electrons. The molecule has 0 aliphatic carbocycles. The lowest BCUT2D eigenvalue weighted by Gasteiger charge is -2.20. The van der Waals surface area contributed by atoms with Crippen LogP contribution in [0.25, 0.3) is 0 Å². The molecule has 0 radical (unpaired) electrons. The SMILES string of the molecule is CCCNC(c1cccc(Cl)c1)c1c(OC)cnn1C. The summed E-state index contributed by atoms with van der Waals surface area (Å²) in [5, 5.41) is 8.54. The number of nitrogens with zero attached hydrogens (tertiary/aromatic N) is 2. The number of aryl methyl sites for hydroxylation is 1. The number of nitrogens with one attached hydrogen (secondary N) is 1. The van der Waals surface area contributed by atoms with Gasteiger partial charge in [-0.05, 0) is 30.7 Å². The zero-order chi connectivity index (χ0) is 14.5. The molecule has 4 nitrogen and oxygen atoms in total. The summed E-state index contributed by atoms with van der Waals surface area (Å²) in [6.45, 7) is 3.05. The van der Waals surface area contributed by atoms with Crippen LogP contribution in [0.4, 0.5) is 0 Å². The van der Waals surface area contributed by atoms with E-state index in [1.807, 2.05) is 29.9 Å². The van der Waals surface area contributed by atoms with Gasteiger partial charge in [-0.25, -0.2) is 0 Å². The van der Waals surface area contributed by atoms with Crippen LogP contribution in [0.2, 0.25) is 5.02 Å². The zero-order valence-electron chi connectivity index (χ0n) is 12.1. The van der Waals surface area contributed by atoms with E-state index in [0.717, 1.165) is 35.0 Å². The monoisotopic (exact) mass is 293 g/mol. The Bertz CT molecular complexity index is 568. The minimum atomic E-state index is 0.0103. The van der Waals surface area contributed by atoms with E-state index in [2.05, 4.69) is 23.4 Å². The summed E-state index contributed by atoms with van der Waals surface area (Å²) < 4.78 is 7.26. The summed E-state index contributed by atoms with van der Waals surface area (Å²) >= 11 is 6.12. The van der Waals surface area contributed by atoms with Gasteiger partial charge in [0.15, 0.2) is 5.75 Å². The molecule has 0 fully saturated rings. The van der Waals surface area contributed by atoms with E-state index in [9.17, 15) is 0 Å². The van der Waals surface area contributed by atoms with Crippen LogP contribution in [0.3, 0.4) is 0 Å². The molecule has 5 heteroatoms. The second-order valence-corrected chi connectivity index (χ2v) is 5.10. The first-order valence-electron chi connectivity index (χ1n) is 6.72. The molecule has 0 aliphatic rings. The summed E-state index contributed by atoms with van der Waals surface area (Å²) in [4.78, 5) is 0. The maximum absolute atomic E-state index is 6.12. The van der Waals surface area contributed by atoms with E-state index in [-0.39, 0.29) is 6.04 Å². The molecule has 1 aromatic carbocycles. The highest BCUT2D eigenvalue weighted by molar-refractivity contribution is 6.30. The lowest BCUT2D eigenvalue weighted by Crippen LogP contribution is -2.25. The average Bonchev–Trinajstić information content (AvgIpc) is 2.81. The number of halogens is 1. The van der Waals surface area contributed by atoms with Gasteiger partial charge < -0.3 is 10.1 Å². The molecule has 2 aromatic rings. The second-order valence-electron chi connectivity index (χ2n) is 4.66. The maximum Gasteiger partial charge on any atom is 0.161 e. The normalized spacial score (nSPS) is 12.4. The topological polar surface area (TPSA) is 39.1 Å². The van der Waals surface area contributed by atoms with Crippen molar-refractivity contribution in [2.24, 2.45) is 7.05 Å². The average molecular weight is 294 g/mol. The smallest absolute Gasteiger partial charge is 0.161 e. The van der Waals surface area contributed by atoms with Gasteiger partial charge in [-0.15, -0.1) is 0 Å². The standard InChI is InChI=1S/C15H20ClN3O/c1-4-8-17-14(11-6-5-7-12(16)9-11)15-13(20-3)10-18-19(15)2/h5-7,9-10,14,17H,4,8H2,1-3H3. The van der Waals surface area contributed by atoms with Crippen molar-refractivity contribution in [3.8, 4) is 5.75 Å². The van der Waals surface area contributed by atoms with E-state index in [1.165, 1.54) is 0 Å². The molecule has 20 heavy (non-hydrogen) atoms. The number of hydrogen-bond acceptors (Lipinski definition) is 3. The Kier molecular flexibility index (Phi) is 5.04. The summed E-state index contributed by atoms with van der Waals surface area (Å²) in [7, 11) is 3.58. The van der Waals surface area contributed by atoms with Gasteiger partial charge in [0.05, 0.1) is 19.3 Å². The fraction of sp³-hybridized carbons (Fsp3) is 0.400. The highest BCUT2D eigenvalue weighted by Crippen LogP contribution is 2.30. The van der Waals surface area contributed by atoms with Gasteiger partial charge in [0.25, 0.3) is 0 Å². The third-order valence-electron chi connectivity index (χ3n) is 3.22. The lowest BCUT2D eigenvalue weighted by molar-refractivity contribution is 0.400. The Morgan fingerprint density at radius 1 is 1.45 bits per heavy atom. The number of methoxy groups -OCH3 is 1. The minimum absolute atomic E-state index is 0.0103. The molecule has 1 unspecified atom stereocenters. The molecule has 0 aliphatic heterocycles.